The molecule has 1 aromatic carbocycles. The van der Waals surface area contributed by atoms with E-state index in [-0.39, 0.29) is 18.6 Å². The van der Waals surface area contributed by atoms with Gasteiger partial charge in [-0.25, -0.2) is 0 Å². The summed E-state index contributed by atoms with van der Waals surface area (Å²) in [6.45, 7) is 2.96. The average molecular weight is 279 g/mol. The van der Waals surface area contributed by atoms with Crippen LogP contribution in [0.2, 0.25) is 0 Å². The van der Waals surface area contributed by atoms with Crippen LogP contribution in [0.25, 0.3) is 0 Å². The van der Waals surface area contributed by atoms with Gasteiger partial charge in [-0.05, 0) is 25.3 Å². The van der Waals surface area contributed by atoms with Crippen LogP contribution in [0.1, 0.15) is 24.0 Å². The lowest BCUT2D eigenvalue weighted by Gasteiger charge is -2.22. The van der Waals surface area contributed by atoms with Gasteiger partial charge in [-0.1, -0.05) is 29.8 Å². The molecule has 0 bridgehead atoms. The van der Waals surface area contributed by atoms with Crippen molar-refractivity contribution in [3.63, 3.8) is 0 Å². The smallest absolute Gasteiger partial charge is 0.232 e. The van der Waals surface area contributed by atoms with E-state index in [1.165, 1.54) is 11.1 Å². The lowest BCUT2D eigenvalue weighted by atomic mass is 10.2. The van der Waals surface area contributed by atoms with Crippen molar-refractivity contribution in [1.29, 1.82) is 0 Å². The summed E-state index contributed by atoms with van der Waals surface area (Å²) in [7, 11) is 0. The number of carbonyl (C=O) groups is 1. The van der Waals surface area contributed by atoms with E-state index in [1.807, 2.05) is 4.90 Å². The highest BCUT2D eigenvalue weighted by atomic mass is 32.2. The second-order valence-corrected chi connectivity index (χ2v) is 6.03. The zero-order chi connectivity index (χ0) is 13.7. The number of thioether (sulfide) groups is 1. The van der Waals surface area contributed by atoms with Crippen LogP contribution in [0.4, 0.5) is 0 Å². The number of aryl methyl sites for hydroxylation is 1. The van der Waals surface area contributed by atoms with Crippen LogP contribution < -0.4 is 0 Å². The van der Waals surface area contributed by atoms with Crippen LogP contribution in [0.15, 0.2) is 24.3 Å². The van der Waals surface area contributed by atoms with Gasteiger partial charge >= 0.3 is 0 Å². The maximum atomic E-state index is 12.1. The first kappa shape index (κ1) is 14.4. The molecule has 1 aliphatic heterocycles. The molecule has 4 heteroatoms. The Kier molecular flexibility index (Phi) is 5.28. The summed E-state index contributed by atoms with van der Waals surface area (Å²) in [5.41, 5.74) is 2.51. The van der Waals surface area contributed by atoms with Gasteiger partial charge in [0.1, 0.15) is 0 Å². The summed E-state index contributed by atoms with van der Waals surface area (Å²) in [6.07, 6.45) is 1.95. The molecule has 1 heterocycles. The molecule has 0 aromatic heterocycles. The minimum Gasteiger partial charge on any atom is -0.394 e. The number of benzene rings is 1. The first-order valence-electron chi connectivity index (χ1n) is 6.74. The van der Waals surface area contributed by atoms with E-state index in [2.05, 4.69) is 31.2 Å². The summed E-state index contributed by atoms with van der Waals surface area (Å²) < 4.78 is 0. The Hall–Kier alpha value is -1.00. The molecule has 1 atom stereocenters. The fourth-order valence-electron chi connectivity index (χ4n) is 2.38. The van der Waals surface area contributed by atoms with Crippen molar-refractivity contribution in [2.75, 3.05) is 18.9 Å². The van der Waals surface area contributed by atoms with E-state index >= 15 is 0 Å². The third-order valence-corrected chi connectivity index (χ3v) is 4.51. The molecular formula is C15H21NO2S. The Labute approximate surface area is 119 Å². The zero-order valence-electron chi connectivity index (χ0n) is 11.3. The van der Waals surface area contributed by atoms with Crippen LogP contribution in [0.3, 0.4) is 0 Å². The zero-order valence-corrected chi connectivity index (χ0v) is 12.2. The van der Waals surface area contributed by atoms with Crippen LogP contribution >= 0.6 is 11.8 Å². The van der Waals surface area contributed by atoms with Crippen molar-refractivity contribution >= 4 is 17.7 Å². The van der Waals surface area contributed by atoms with Crippen molar-refractivity contribution in [2.24, 2.45) is 0 Å². The van der Waals surface area contributed by atoms with E-state index in [0.29, 0.717) is 5.75 Å². The summed E-state index contributed by atoms with van der Waals surface area (Å²) in [4.78, 5) is 13.9. The summed E-state index contributed by atoms with van der Waals surface area (Å²) in [6, 6.07) is 8.46. The highest BCUT2D eigenvalue weighted by Gasteiger charge is 2.27. The molecule has 0 spiro atoms. The second-order valence-electron chi connectivity index (χ2n) is 5.04. The number of aliphatic hydroxyl groups excluding tert-OH is 1. The molecule has 1 amide bonds. The van der Waals surface area contributed by atoms with Crippen LogP contribution in [0, 0.1) is 6.92 Å². The first-order valence-corrected chi connectivity index (χ1v) is 7.90. The Morgan fingerprint density at radius 2 is 2.16 bits per heavy atom. The van der Waals surface area contributed by atoms with Gasteiger partial charge < -0.3 is 10.0 Å². The Morgan fingerprint density at radius 1 is 1.42 bits per heavy atom. The van der Waals surface area contributed by atoms with Gasteiger partial charge in [0.15, 0.2) is 0 Å². The van der Waals surface area contributed by atoms with Gasteiger partial charge in [0.25, 0.3) is 0 Å². The van der Waals surface area contributed by atoms with Crippen molar-refractivity contribution in [2.45, 2.75) is 31.6 Å². The Bertz CT molecular complexity index is 419. The van der Waals surface area contributed by atoms with E-state index < -0.39 is 0 Å². The number of rotatable bonds is 5. The van der Waals surface area contributed by atoms with Gasteiger partial charge in [0.2, 0.25) is 5.91 Å². The largest absolute Gasteiger partial charge is 0.394 e. The number of hydrogen-bond donors (Lipinski definition) is 1. The van der Waals surface area contributed by atoms with Crippen LogP contribution in [-0.4, -0.2) is 40.9 Å². The molecule has 2 rings (SSSR count). The molecule has 1 fully saturated rings. The number of nitrogens with zero attached hydrogens (tertiary/aromatic N) is 1. The third-order valence-electron chi connectivity index (χ3n) is 3.52. The quantitative estimate of drug-likeness (QED) is 0.898. The van der Waals surface area contributed by atoms with Gasteiger partial charge in [0, 0.05) is 12.3 Å². The number of likely N-dealkylation sites (tertiary alicyclic amines) is 1. The van der Waals surface area contributed by atoms with Crippen molar-refractivity contribution in [1.82, 2.24) is 4.90 Å². The molecule has 104 valence electrons. The molecule has 1 N–H and O–H groups in total. The van der Waals surface area contributed by atoms with E-state index in [0.717, 1.165) is 25.1 Å². The number of aliphatic hydroxyl groups is 1. The van der Waals surface area contributed by atoms with Crippen LogP contribution in [0.5, 0.6) is 0 Å². The molecule has 1 saturated heterocycles. The maximum Gasteiger partial charge on any atom is 0.232 e. The van der Waals surface area contributed by atoms with E-state index in [4.69, 9.17) is 0 Å². The fourth-order valence-corrected chi connectivity index (χ4v) is 3.25. The van der Waals surface area contributed by atoms with Gasteiger partial charge in [-0.15, -0.1) is 11.8 Å². The molecule has 0 aliphatic carbocycles. The highest BCUT2D eigenvalue weighted by molar-refractivity contribution is 7.99. The normalized spacial score (nSPS) is 18.8. The highest BCUT2D eigenvalue weighted by Crippen LogP contribution is 2.19. The lowest BCUT2D eigenvalue weighted by molar-refractivity contribution is -0.129. The van der Waals surface area contributed by atoms with E-state index in [1.54, 1.807) is 11.8 Å². The molecule has 19 heavy (non-hydrogen) atoms. The fraction of sp³-hybridized carbons (Fsp3) is 0.533. The van der Waals surface area contributed by atoms with Gasteiger partial charge in [-0.3, -0.25) is 4.79 Å². The number of hydrogen-bond acceptors (Lipinski definition) is 3. The molecule has 0 saturated carbocycles. The number of amides is 1. The topological polar surface area (TPSA) is 40.5 Å². The van der Waals surface area contributed by atoms with E-state index in [9.17, 15) is 9.90 Å². The van der Waals surface area contributed by atoms with Gasteiger partial charge in [0.05, 0.1) is 18.4 Å². The Morgan fingerprint density at radius 3 is 2.84 bits per heavy atom. The SMILES string of the molecule is Cc1ccc(CSCC(=O)N2CCC[C@@H]2CO)cc1. The number of carbonyl (C=O) groups excluding carboxylic acids is 1. The predicted molar refractivity (Wildman–Crippen MR) is 79.2 cm³/mol. The summed E-state index contributed by atoms with van der Waals surface area (Å²) in [5, 5.41) is 9.21. The molecule has 0 radical (unpaired) electrons. The first-order chi connectivity index (χ1) is 9.20. The molecule has 3 nitrogen and oxygen atoms in total. The molecule has 1 aromatic rings. The predicted octanol–water partition coefficient (Wildman–Crippen LogP) is 2.21. The minimum absolute atomic E-state index is 0.0486. The minimum atomic E-state index is 0.0486. The summed E-state index contributed by atoms with van der Waals surface area (Å²) in [5.74, 6) is 1.53. The third kappa shape index (κ3) is 3.98. The standard InChI is InChI=1S/C15H21NO2S/c1-12-4-6-13(7-5-12)10-19-11-15(18)16-8-2-3-14(16)9-17/h4-7,14,17H,2-3,8-11H2,1H3/t14-/m1/s1. The molecular weight excluding hydrogens is 258 g/mol. The molecule has 0 unspecified atom stereocenters. The lowest BCUT2D eigenvalue weighted by Crippen LogP contribution is -2.38. The van der Waals surface area contributed by atoms with Gasteiger partial charge in [-0.2, -0.15) is 0 Å². The summed E-state index contributed by atoms with van der Waals surface area (Å²) >= 11 is 1.65. The van der Waals surface area contributed by atoms with Crippen molar-refractivity contribution < 1.29 is 9.90 Å². The monoisotopic (exact) mass is 279 g/mol. The van der Waals surface area contributed by atoms with Crippen molar-refractivity contribution in [3.05, 3.63) is 35.4 Å². The van der Waals surface area contributed by atoms with Crippen molar-refractivity contribution in [3.8, 4) is 0 Å². The molecule has 1 aliphatic rings. The second kappa shape index (κ2) is 6.96. The average Bonchev–Trinajstić information content (AvgIpc) is 2.89. The Balaban J connectivity index is 1.76. The maximum absolute atomic E-state index is 12.1. The van der Waals surface area contributed by atoms with Crippen LogP contribution in [-0.2, 0) is 10.5 Å².